The highest BCUT2D eigenvalue weighted by Gasteiger charge is 2.23. The Morgan fingerprint density at radius 1 is 1.08 bits per heavy atom. The number of nitrogens with zero attached hydrogens (tertiary/aromatic N) is 4. The van der Waals surface area contributed by atoms with Crippen molar-refractivity contribution >= 4 is 50.9 Å². The van der Waals surface area contributed by atoms with Crippen LogP contribution in [0.4, 0.5) is 25.5 Å². The molecule has 1 aliphatic rings. The van der Waals surface area contributed by atoms with Crippen molar-refractivity contribution in [3.05, 3.63) is 66.4 Å². The second-order valence-corrected chi connectivity index (χ2v) is 11.7. The number of thiazole rings is 1. The minimum Gasteiger partial charge on any atom is -0.353 e. The lowest BCUT2D eigenvalue weighted by atomic mass is 10.1. The summed E-state index contributed by atoms with van der Waals surface area (Å²) in [6.45, 7) is 2.66. The van der Waals surface area contributed by atoms with E-state index in [1.54, 1.807) is 47.5 Å². The fourth-order valence-corrected chi connectivity index (χ4v) is 6.45. The number of anilines is 3. The van der Waals surface area contributed by atoms with Gasteiger partial charge in [-0.2, -0.15) is 11.8 Å². The van der Waals surface area contributed by atoms with Crippen LogP contribution in [0.5, 0.6) is 0 Å². The van der Waals surface area contributed by atoms with E-state index >= 15 is 0 Å². The average molecular weight is 573 g/mol. The first-order valence-corrected chi connectivity index (χ1v) is 15.4. The van der Waals surface area contributed by atoms with Gasteiger partial charge in [-0.25, -0.2) is 27.9 Å². The number of thioether (sulfide) groups is 1. The van der Waals surface area contributed by atoms with E-state index in [0.717, 1.165) is 77.3 Å². The van der Waals surface area contributed by atoms with Gasteiger partial charge in [-0.3, -0.25) is 0 Å². The molecule has 1 fully saturated rings. The average Bonchev–Trinajstić information content (AvgIpc) is 3.60. The molecule has 2 aromatic heterocycles. The van der Waals surface area contributed by atoms with Crippen molar-refractivity contribution in [1.82, 2.24) is 15.0 Å². The van der Waals surface area contributed by atoms with Crippen molar-refractivity contribution in [2.45, 2.75) is 17.7 Å². The summed E-state index contributed by atoms with van der Waals surface area (Å²) in [4.78, 5) is 16.7. The highest BCUT2D eigenvalue weighted by molar-refractivity contribution is 7.98. The van der Waals surface area contributed by atoms with Crippen LogP contribution in [0.2, 0.25) is 0 Å². The highest BCUT2D eigenvalue weighted by Crippen LogP contribution is 2.41. The van der Waals surface area contributed by atoms with Crippen LogP contribution in [-0.2, 0) is 11.0 Å². The van der Waals surface area contributed by atoms with E-state index in [4.69, 9.17) is 9.97 Å². The van der Waals surface area contributed by atoms with Crippen molar-refractivity contribution in [3.63, 3.8) is 0 Å². The van der Waals surface area contributed by atoms with Crippen LogP contribution in [0.3, 0.4) is 0 Å². The number of nitrogens with one attached hydrogen (secondary N) is 2. The molecule has 0 saturated carbocycles. The van der Waals surface area contributed by atoms with Gasteiger partial charge in [0.1, 0.15) is 16.5 Å². The van der Waals surface area contributed by atoms with E-state index in [0.29, 0.717) is 11.6 Å². The number of aromatic nitrogens is 3. The lowest BCUT2D eigenvalue weighted by Gasteiger charge is -2.12. The molecule has 1 aliphatic heterocycles. The minimum absolute atomic E-state index is 0.451. The van der Waals surface area contributed by atoms with Crippen LogP contribution in [0.1, 0.15) is 12.8 Å². The number of hydrogen-bond donors (Lipinski definition) is 2. The van der Waals surface area contributed by atoms with E-state index in [1.165, 1.54) is 6.07 Å². The monoisotopic (exact) mass is 572 g/mol. The van der Waals surface area contributed by atoms with Gasteiger partial charge in [-0.15, -0.1) is 0 Å². The minimum atomic E-state index is -2.12. The maximum Gasteiger partial charge on any atom is 0.223 e. The zero-order valence-electron chi connectivity index (χ0n) is 20.6. The van der Waals surface area contributed by atoms with Gasteiger partial charge in [0, 0.05) is 42.8 Å². The predicted molar refractivity (Wildman–Crippen MR) is 153 cm³/mol. The normalized spacial score (nSPS) is 14.0. The molecule has 0 bridgehead atoms. The van der Waals surface area contributed by atoms with Crippen molar-refractivity contribution < 1.29 is 13.0 Å². The Morgan fingerprint density at radius 2 is 1.84 bits per heavy atom. The first kappa shape index (κ1) is 26.5. The van der Waals surface area contributed by atoms with Crippen LogP contribution in [-0.4, -0.2) is 50.8 Å². The number of hydrogen-bond acceptors (Lipinski definition) is 8. The summed E-state index contributed by atoms with van der Waals surface area (Å²) < 4.78 is 43.8. The van der Waals surface area contributed by atoms with E-state index in [-0.39, 0.29) is 0 Å². The van der Waals surface area contributed by atoms with Crippen molar-refractivity contribution in [2.24, 2.45) is 0 Å². The van der Waals surface area contributed by atoms with Gasteiger partial charge < -0.3 is 14.9 Å². The molecule has 4 aromatic rings. The molecular formula is C26H26F2N6OS3. The van der Waals surface area contributed by atoms with Crippen molar-refractivity contribution in [3.8, 4) is 21.8 Å². The molecule has 7 nitrogen and oxygen atoms in total. The zero-order chi connectivity index (χ0) is 26.5. The lowest BCUT2D eigenvalue weighted by Crippen LogP contribution is -2.17. The Kier molecular flexibility index (Phi) is 8.50. The molecule has 3 heterocycles. The lowest BCUT2D eigenvalue weighted by molar-refractivity contribution is 0.535. The highest BCUT2D eigenvalue weighted by atomic mass is 32.2. The van der Waals surface area contributed by atoms with Gasteiger partial charge in [-0.05, 0) is 49.4 Å². The molecule has 1 saturated heterocycles. The first-order valence-electron chi connectivity index (χ1n) is 12.1. The summed E-state index contributed by atoms with van der Waals surface area (Å²) in [6.07, 6.45) is 6.03. The van der Waals surface area contributed by atoms with E-state index in [1.807, 2.05) is 18.4 Å². The second-order valence-electron chi connectivity index (χ2n) is 8.56. The number of rotatable bonds is 10. The van der Waals surface area contributed by atoms with E-state index < -0.39 is 27.5 Å². The van der Waals surface area contributed by atoms with Gasteiger partial charge in [-0.1, -0.05) is 29.5 Å². The van der Waals surface area contributed by atoms with Gasteiger partial charge in [0.05, 0.1) is 16.3 Å². The molecule has 38 heavy (non-hydrogen) atoms. The molecule has 2 N–H and O–H groups in total. The quantitative estimate of drug-likeness (QED) is 0.224. The van der Waals surface area contributed by atoms with Crippen LogP contribution in [0, 0.1) is 11.6 Å². The second kappa shape index (κ2) is 12.2. The van der Waals surface area contributed by atoms with Crippen LogP contribution < -0.4 is 14.9 Å². The summed E-state index contributed by atoms with van der Waals surface area (Å²) in [5.74, 6) is -0.239. The smallest absolute Gasteiger partial charge is 0.223 e. The molecule has 1 atom stereocenters. The molecule has 0 spiro atoms. The SMILES string of the molecule is CSCCNc1nccc(-c2sc(N3CCCC3)nc2-c2cccc(NS(=O)c3c(F)cccc3F)c2)n1. The summed E-state index contributed by atoms with van der Waals surface area (Å²) in [5.41, 5.74) is 2.71. The van der Waals surface area contributed by atoms with Gasteiger partial charge in [0.15, 0.2) is 16.1 Å². The number of benzene rings is 2. The summed E-state index contributed by atoms with van der Waals surface area (Å²) in [7, 11) is -2.12. The third-order valence-corrected chi connectivity index (χ3v) is 8.85. The Hall–Kier alpha value is -3.09. The summed E-state index contributed by atoms with van der Waals surface area (Å²) in [6, 6.07) is 12.5. The standard InChI is InChI=1S/C26H26F2N6OS3/c1-36-15-12-30-25-29-11-10-21(31-25)23-22(32-26(37-23)34-13-2-3-14-34)17-6-4-7-18(16-17)33-38(35)24-19(27)8-5-9-20(24)28/h4-11,16,33H,2-3,12-15H2,1H3,(H,29,30,31). The van der Waals surface area contributed by atoms with Crippen LogP contribution in [0.25, 0.3) is 21.8 Å². The van der Waals surface area contributed by atoms with E-state index in [9.17, 15) is 13.0 Å². The third-order valence-electron chi connectivity index (χ3n) is 5.92. The Labute approximate surface area is 230 Å². The van der Waals surface area contributed by atoms with Gasteiger partial charge in [0.25, 0.3) is 0 Å². The maximum absolute atomic E-state index is 14.2. The molecule has 5 rings (SSSR count). The van der Waals surface area contributed by atoms with Gasteiger partial charge in [0.2, 0.25) is 5.95 Å². The molecule has 198 valence electrons. The summed E-state index contributed by atoms with van der Waals surface area (Å²) in [5, 5.41) is 4.17. The molecule has 2 aromatic carbocycles. The van der Waals surface area contributed by atoms with Crippen molar-refractivity contribution in [2.75, 3.05) is 46.6 Å². The largest absolute Gasteiger partial charge is 0.353 e. The molecule has 0 radical (unpaired) electrons. The Bertz CT molecular complexity index is 1420. The van der Waals surface area contributed by atoms with Crippen molar-refractivity contribution in [1.29, 1.82) is 0 Å². The van der Waals surface area contributed by atoms with Crippen LogP contribution in [0.15, 0.2) is 59.6 Å². The fraction of sp³-hybridized carbons (Fsp3) is 0.269. The molecule has 0 aliphatic carbocycles. The summed E-state index contributed by atoms with van der Waals surface area (Å²) >= 11 is 3.32. The number of halogens is 2. The Balaban J connectivity index is 1.49. The molecule has 1 unspecified atom stereocenters. The fourth-order valence-electron chi connectivity index (χ4n) is 4.10. The Morgan fingerprint density at radius 3 is 2.61 bits per heavy atom. The van der Waals surface area contributed by atoms with Gasteiger partial charge >= 0.3 is 0 Å². The zero-order valence-corrected chi connectivity index (χ0v) is 23.1. The molecular weight excluding hydrogens is 547 g/mol. The predicted octanol–water partition coefficient (Wildman–Crippen LogP) is 6.06. The van der Waals surface area contributed by atoms with Crippen LogP contribution >= 0.6 is 23.1 Å². The molecule has 0 amide bonds. The third kappa shape index (κ3) is 5.97. The van der Waals surface area contributed by atoms with E-state index in [2.05, 4.69) is 19.9 Å². The molecule has 12 heteroatoms. The maximum atomic E-state index is 14.2. The first-order chi connectivity index (χ1) is 18.5. The topological polar surface area (TPSA) is 83.0 Å².